The number of hydrogen-bond donors (Lipinski definition) is 1. The number of fused-ring (bicyclic) bond motifs is 1. The number of hydrogen-bond acceptors (Lipinski definition) is 5. The van der Waals surface area contributed by atoms with Crippen LogP contribution >= 0.6 is 11.6 Å². The van der Waals surface area contributed by atoms with E-state index in [0.717, 1.165) is 50.3 Å². The molecule has 1 saturated heterocycles. The fraction of sp³-hybridized carbons (Fsp3) is 0.261. The van der Waals surface area contributed by atoms with E-state index in [-0.39, 0.29) is 16.6 Å². The van der Waals surface area contributed by atoms with Crippen molar-refractivity contribution >= 4 is 40.5 Å². The lowest BCUT2D eigenvalue weighted by molar-refractivity contribution is 0.102. The second kappa shape index (κ2) is 7.95. The standard InChI is InChI=1S/C23H22ClN5O/c24-17-15-25-23(28-12-5-6-13-28)27-21(17)22(30)26-18-8-2-4-10-20(18)29-14-11-16-7-1-3-9-19(16)29/h1-4,7-10,15H,5-6,11-14H2,(H,26,30). The van der Waals surface area contributed by atoms with Crippen LogP contribution in [0.5, 0.6) is 0 Å². The summed E-state index contributed by atoms with van der Waals surface area (Å²) in [7, 11) is 0. The highest BCUT2D eigenvalue weighted by Crippen LogP contribution is 2.38. The first kappa shape index (κ1) is 18.9. The van der Waals surface area contributed by atoms with Crippen molar-refractivity contribution < 1.29 is 4.79 Å². The lowest BCUT2D eigenvalue weighted by Gasteiger charge is -2.23. The number of carbonyl (C=O) groups excluding carboxylic acids is 1. The van der Waals surface area contributed by atoms with Crippen LogP contribution in [0.2, 0.25) is 5.02 Å². The van der Waals surface area contributed by atoms with E-state index in [1.54, 1.807) is 0 Å². The molecule has 1 fully saturated rings. The molecule has 1 aromatic heterocycles. The number of halogens is 1. The van der Waals surface area contributed by atoms with Crippen molar-refractivity contribution in [1.82, 2.24) is 9.97 Å². The third-order valence-electron chi connectivity index (χ3n) is 5.67. The summed E-state index contributed by atoms with van der Waals surface area (Å²) in [5.41, 5.74) is 4.38. The number of anilines is 4. The molecular weight excluding hydrogens is 398 g/mol. The van der Waals surface area contributed by atoms with Crippen LogP contribution in [-0.4, -0.2) is 35.5 Å². The number of nitrogens with zero attached hydrogens (tertiary/aromatic N) is 4. The second-order valence-electron chi connectivity index (χ2n) is 7.56. The number of amides is 1. The summed E-state index contributed by atoms with van der Waals surface area (Å²) < 4.78 is 0. The first-order chi connectivity index (χ1) is 14.7. The molecule has 0 saturated carbocycles. The van der Waals surface area contributed by atoms with Crippen molar-refractivity contribution in [3.8, 4) is 0 Å². The first-order valence-corrected chi connectivity index (χ1v) is 10.6. The quantitative estimate of drug-likeness (QED) is 0.665. The third kappa shape index (κ3) is 3.48. The van der Waals surface area contributed by atoms with Crippen LogP contribution in [0.15, 0.2) is 54.7 Å². The van der Waals surface area contributed by atoms with E-state index >= 15 is 0 Å². The Morgan fingerprint density at radius 3 is 2.53 bits per heavy atom. The van der Waals surface area contributed by atoms with Crippen LogP contribution in [-0.2, 0) is 6.42 Å². The lowest BCUT2D eigenvalue weighted by Crippen LogP contribution is -2.23. The molecule has 0 atom stereocenters. The van der Waals surface area contributed by atoms with E-state index in [2.05, 4.69) is 43.3 Å². The molecule has 3 aromatic rings. The third-order valence-corrected chi connectivity index (χ3v) is 5.94. The van der Waals surface area contributed by atoms with Crippen molar-refractivity contribution in [3.05, 3.63) is 71.0 Å². The van der Waals surface area contributed by atoms with Gasteiger partial charge >= 0.3 is 0 Å². The van der Waals surface area contributed by atoms with E-state index in [1.165, 1.54) is 17.4 Å². The SMILES string of the molecule is O=C(Nc1ccccc1N1CCc2ccccc21)c1nc(N2CCCC2)ncc1Cl. The van der Waals surface area contributed by atoms with Gasteiger partial charge in [0.25, 0.3) is 5.91 Å². The zero-order chi connectivity index (χ0) is 20.5. The normalized spacial score (nSPS) is 15.4. The van der Waals surface area contributed by atoms with E-state index < -0.39 is 0 Å². The molecule has 3 heterocycles. The molecule has 2 aromatic carbocycles. The molecule has 6 nitrogen and oxygen atoms in total. The van der Waals surface area contributed by atoms with Crippen molar-refractivity contribution in [2.75, 3.05) is 34.8 Å². The Hall–Kier alpha value is -3.12. The molecule has 2 aliphatic heterocycles. The van der Waals surface area contributed by atoms with Crippen LogP contribution in [0.3, 0.4) is 0 Å². The van der Waals surface area contributed by atoms with Gasteiger partial charge in [-0.2, -0.15) is 0 Å². The minimum absolute atomic E-state index is 0.199. The molecule has 0 aliphatic carbocycles. The van der Waals surface area contributed by atoms with E-state index in [0.29, 0.717) is 5.95 Å². The minimum Gasteiger partial charge on any atom is -0.341 e. The molecular formula is C23H22ClN5O. The fourth-order valence-electron chi connectivity index (χ4n) is 4.17. The number of rotatable bonds is 4. The van der Waals surface area contributed by atoms with Gasteiger partial charge in [-0.05, 0) is 43.0 Å². The molecule has 2 aliphatic rings. The molecule has 5 rings (SSSR count). The Morgan fingerprint density at radius 2 is 1.70 bits per heavy atom. The van der Waals surface area contributed by atoms with E-state index in [4.69, 9.17) is 11.6 Å². The molecule has 30 heavy (non-hydrogen) atoms. The van der Waals surface area contributed by atoms with Crippen molar-refractivity contribution in [1.29, 1.82) is 0 Å². The van der Waals surface area contributed by atoms with E-state index in [1.807, 2.05) is 30.3 Å². The predicted octanol–water partition coefficient (Wildman–Crippen LogP) is 4.68. The molecule has 0 unspecified atom stereocenters. The lowest BCUT2D eigenvalue weighted by atomic mass is 10.1. The van der Waals surface area contributed by atoms with Crippen molar-refractivity contribution in [2.45, 2.75) is 19.3 Å². The van der Waals surface area contributed by atoms with Gasteiger partial charge in [-0.3, -0.25) is 4.79 Å². The molecule has 152 valence electrons. The highest BCUT2D eigenvalue weighted by Gasteiger charge is 2.24. The van der Waals surface area contributed by atoms with Gasteiger partial charge < -0.3 is 15.1 Å². The van der Waals surface area contributed by atoms with Gasteiger partial charge in [0.2, 0.25) is 5.95 Å². The number of carbonyl (C=O) groups is 1. The average Bonchev–Trinajstić information content (AvgIpc) is 3.45. The van der Waals surface area contributed by atoms with Gasteiger partial charge in [-0.15, -0.1) is 0 Å². The summed E-state index contributed by atoms with van der Waals surface area (Å²) >= 11 is 6.28. The maximum atomic E-state index is 13.1. The Kier molecular flexibility index (Phi) is 5.01. The number of para-hydroxylation sites is 3. The van der Waals surface area contributed by atoms with E-state index in [9.17, 15) is 4.79 Å². The van der Waals surface area contributed by atoms with Crippen molar-refractivity contribution in [3.63, 3.8) is 0 Å². The fourth-order valence-corrected chi connectivity index (χ4v) is 4.35. The number of aromatic nitrogens is 2. The minimum atomic E-state index is -0.331. The van der Waals surface area contributed by atoms with Crippen LogP contribution in [0.25, 0.3) is 0 Å². The Balaban J connectivity index is 1.44. The summed E-state index contributed by atoms with van der Waals surface area (Å²) in [6.45, 7) is 2.68. The largest absolute Gasteiger partial charge is 0.341 e. The van der Waals surface area contributed by atoms with Gasteiger partial charge in [0.1, 0.15) is 0 Å². The van der Waals surface area contributed by atoms with Crippen LogP contribution in [0.1, 0.15) is 28.9 Å². The highest BCUT2D eigenvalue weighted by molar-refractivity contribution is 6.34. The smallest absolute Gasteiger partial charge is 0.276 e. The van der Waals surface area contributed by atoms with Crippen LogP contribution in [0.4, 0.5) is 23.0 Å². The van der Waals surface area contributed by atoms with Crippen LogP contribution in [0, 0.1) is 0 Å². The molecule has 1 amide bonds. The summed E-state index contributed by atoms with van der Waals surface area (Å²) in [4.78, 5) is 26.2. The Labute approximate surface area is 180 Å². The molecule has 0 radical (unpaired) electrons. The number of nitrogens with one attached hydrogen (secondary N) is 1. The molecule has 0 spiro atoms. The Bertz CT molecular complexity index is 1100. The predicted molar refractivity (Wildman–Crippen MR) is 120 cm³/mol. The van der Waals surface area contributed by atoms with Gasteiger partial charge in [-0.1, -0.05) is 41.9 Å². The zero-order valence-corrected chi connectivity index (χ0v) is 17.3. The average molecular weight is 420 g/mol. The monoisotopic (exact) mass is 419 g/mol. The van der Waals surface area contributed by atoms with Crippen molar-refractivity contribution in [2.24, 2.45) is 0 Å². The molecule has 1 N–H and O–H groups in total. The number of benzene rings is 2. The first-order valence-electron chi connectivity index (χ1n) is 10.2. The summed E-state index contributed by atoms with van der Waals surface area (Å²) in [6, 6.07) is 16.2. The Morgan fingerprint density at radius 1 is 0.967 bits per heavy atom. The molecule has 0 bridgehead atoms. The topological polar surface area (TPSA) is 61.4 Å². The summed E-state index contributed by atoms with van der Waals surface area (Å²) in [5.74, 6) is 0.228. The maximum absolute atomic E-state index is 13.1. The zero-order valence-electron chi connectivity index (χ0n) is 16.5. The molecule has 7 heteroatoms. The van der Waals surface area contributed by atoms with Gasteiger partial charge in [-0.25, -0.2) is 9.97 Å². The summed E-state index contributed by atoms with van der Waals surface area (Å²) in [6.07, 6.45) is 4.71. The van der Waals surface area contributed by atoms with Gasteiger partial charge in [0, 0.05) is 25.3 Å². The second-order valence-corrected chi connectivity index (χ2v) is 7.97. The summed E-state index contributed by atoms with van der Waals surface area (Å²) in [5, 5.41) is 3.27. The van der Waals surface area contributed by atoms with Crippen LogP contribution < -0.4 is 15.1 Å². The maximum Gasteiger partial charge on any atom is 0.276 e. The van der Waals surface area contributed by atoms with Gasteiger partial charge in [0.15, 0.2) is 5.69 Å². The van der Waals surface area contributed by atoms with Gasteiger partial charge in [0.05, 0.1) is 22.6 Å². The highest BCUT2D eigenvalue weighted by atomic mass is 35.5.